The summed E-state index contributed by atoms with van der Waals surface area (Å²) in [5.74, 6) is -1.54. The molecule has 0 aliphatic carbocycles. The maximum atomic E-state index is 13.4. The second-order valence-electron chi connectivity index (χ2n) is 7.67. The molecule has 1 atom stereocenters. The summed E-state index contributed by atoms with van der Waals surface area (Å²) in [6.45, 7) is 0.0710. The number of nitrogens with zero attached hydrogens (tertiary/aromatic N) is 4. The number of nitriles is 1. The van der Waals surface area contributed by atoms with E-state index < -0.39 is 28.7 Å². The maximum absolute atomic E-state index is 13.4. The van der Waals surface area contributed by atoms with Gasteiger partial charge in [-0.2, -0.15) is 5.26 Å². The van der Waals surface area contributed by atoms with Crippen molar-refractivity contribution in [1.82, 2.24) is 4.90 Å². The Balaban J connectivity index is 1.67. The molecule has 9 nitrogen and oxygen atoms in total. The molecular formula is C25H18N4O5. The standard InChI is InChI=1S/C25H18N4O5/c26-15-17-6-10-20(11-7-17)28-23(30)14-22(25(28)32)27(16-18-4-2-1-3-5-18)24(31)19-8-12-21(13-9-19)29(33)34/h1-13,22H,14,16H2. The van der Waals surface area contributed by atoms with Crippen LogP contribution in [0.25, 0.3) is 0 Å². The number of amides is 3. The zero-order valence-corrected chi connectivity index (χ0v) is 17.8. The number of imide groups is 1. The molecule has 0 N–H and O–H groups in total. The van der Waals surface area contributed by atoms with Crippen LogP contribution >= 0.6 is 0 Å². The molecule has 0 aromatic heterocycles. The van der Waals surface area contributed by atoms with Gasteiger partial charge in [-0.15, -0.1) is 0 Å². The van der Waals surface area contributed by atoms with E-state index in [0.717, 1.165) is 10.5 Å². The fraction of sp³-hybridized carbons (Fsp3) is 0.120. The highest BCUT2D eigenvalue weighted by Crippen LogP contribution is 2.28. The minimum absolute atomic E-state index is 0.0710. The summed E-state index contributed by atoms with van der Waals surface area (Å²) in [6.07, 6.45) is -0.204. The average Bonchev–Trinajstić information content (AvgIpc) is 3.16. The van der Waals surface area contributed by atoms with Crippen molar-refractivity contribution in [2.24, 2.45) is 0 Å². The number of hydrogen-bond acceptors (Lipinski definition) is 6. The molecule has 1 aliphatic heterocycles. The smallest absolute Gasteiger partial charge is 0.269 e. The first kappa shape index (κ1) is 22.4. The molecule has 3 aromatic carbocycles. The van der Waals surface area contributed by atoms with Crippen LogP contribution in [0.5, 0.6) is 0 Å². The highest BCUT2D eigenvalue weighted by Gasteiger charge is 2.44. The van der Waals surface area contributed by atoms with Crippen molar-refractivity contribution < 1.29 is 19.3 Å². The summed E-state index contributed by atoms with van der Waals surface area (Å²) in [5, 5.41) is 20.0. The van der Waals surface area contributed by atoms with Gasteiger partial charge < -0.3 is 4.90 Å². The van der Waals surface area contributed by atoms with E-state index >= 15 is 0 Å². The van der Waals surface area contributed by atoms with E-state index in [0.29, 0.717) is 11.3 Å². The second kappa shape index (κ2) is 9.34. The van der Waals surface area contributed by atoms with Gasteiger partial charge in [0, 0.05) is 24.2 Å². The van der Waals surface area contributed by atoms with Crippen molar-refractivity contribution in [3.8, 4) is 6.07 Å². The summed E-state index contributed by atoms with van der Waals surface area (Å²) >= 11 is 0. The van der Waals surface area contributed by atoms with E-state index in [1.807, 2.05) is 12.1 Å². The SMILES string of the molecule is N#Cc1ccc(N2C(=O)CC(N(Cc3ccccc3)C(=O)c3ccc([N+](=O)[O-])cc3)C2=O)cc1. The van der Waals surface area contributed by atoms with Gasteiger partial charge in [0.1, 0.15) is 6.04 Å². The molecule has 3 aromatic rings. The Kier molecular flexibility index (Phi) is 6.14. The number of carbonyl (C=O) groups is 3. The highest BCUT2D eigenvalue weighted by atomic mass is 16.6. The molecule has 1 saturated heterocycles. The van der Waals surface area contributed by atoms with Crippen molar-refractivity contribution in [3.05, 3.63) is 106 Å². The monoisotopic (exact) mass is 454 g/mol. The van der Waals surface area contributed by atoms with Crippen molar-refractivity contribution in [1.29, 1.82) is 5.26 Å². The van der Waals surface area contributed by atoms with Crippen LogP contribution in [0.15, 0.2) is 78.9 Å². The van der Waals surface area contributed by atoms with Crippen LogP contribution in [0.1, 0.15) is 27.9 Å². The predicted octanol–water partition coefficient (Wildman–Crippen LogP) is 3.44. The lowest BCUT2D eigenvalue weighted by Gasteiger charge is -2.28. The van der Waals surface area contributed by atoms with Crippen molar-refractivity contribution in [3.63, 3.8) is 0 Å². The van der Waals surface area contributed by atoms with E-state index in [2.05, 4.69) is 0 Å². The maximum Gasteiger partial charge on any atom is 0.269 e. The van der Waals surface area contributed by atoms with Gasteiger partial charge in [-0.25, -0.2) is 4.90 Å². The summed E-state index contributed by atoms with van der Waals surface area (Å²) < 4.78 is 0. The van der Waals surface area contributed by atoms with Crippen LogP contribution < -0.4 is 4.90 Å². The fourth-order valence-electron chi connectivity index (χ4n) is 3.81. The van der Waals surface area contributed by atoms with E-state index in [4.69, 9.17) is 5.26 Å². The van der Waals surface area contributed by atoms with E-state index in [-0.39, 0.29) is 24.2 Å². The zero-order valence-electron chi connectivity index (χ0n) is 17.8. The Hall–Kier alpha value is -4.84. The first-order valence-corrected chi connectivity index (χ1v) is 10.4. The molecule has 3 amide bonds. The minimum Gasteiger partial charge on any atom is -0.322 e. The Labute approximate surface area is 194 Å². The number of benzene rings is 3. The van der Waals surface area contributed by atoms with Gasteiger partial charge >= 0.3 is 0 Å². The molecule has 1 unspecified atom stereocenters. The minimum atomic E-state index is -1.05. The summed E-state index contributed by atoms with van der Waals surface area (Å²) in [7, 11) is 0. The molecule has 168 valence electrons. The van der Waals surface area contributed by atoms with Crippen molar-refractivity contribution in [2.45, 2.75) is 19.0 Å². The average molecular weight is 454 g/mol. The molecule has 34 heavy (non-hydrogen) atoms. The lowest BCUT2D eigenvalue weighted by molar-refractivity contribution is -0.384. The number of nitro benzene ring substituents is 1. The molecular weight excluding hydrogens is 436 g/mol. The second-order valence-corrected chi connectivity index (χ2v) is 7.67. The van der Waals surface area contributed by atoms with Gasteiger partial charge in [0.15, 0.2) is 0 Å². The quantitative estimate of drug-likeness (QED) is 0.319. The van der Waals surface area contributed by atoms with Crippen LogP contribution in [-0.2, 0) is 16.1 Å². The molecule has 1 heterocycles. The van der Waals surface area contributed by atoms with Gasteiger partial charge in [0.25, 0.3) is 17.5 Å². The Morgan fingerprint density at radius 2 is 1.68 bits per heavy atom. The number of anilines is 1. The number of nitro groups is 1. The molecule has 1 aliphatic rings. The molecule has 0 bridgehead atoms. The van der Waals surface area contributed by atoms with E-state index in [1.54, 1.807) is 24.3 Å². The van der Waals surface area contributed by atoms with Crippen LogP contribution in [-0.4, -0.2) is 33.6 Å². The molecule has 9 heteroatoms. The summed E-state index contributed by atoms with van der Waals surface area (Å²) in [4.78, 5) is 52.3. The van der Waals surface area contributed by atoms with Crippen molar-refractivity contribution in [2.75, 3.05) is 4.90 Å². The van der Waals surface area contributed by atoms with Gasteiger partial charge in [0.2, 0.25) is 5.91 Å². The summed E-state index contributed by atoms with van der Waals surface area (Å²) in [5.41, 5.74) is 1.47. The zero-order chi connectivity index (χ0) is 24.2. The first-order chi connectivity index (χ1) is 16.4. The van der Waals surface area contributed by atoms with E-state index in [9.17, 15) is 24.5 Å². The van der Waals surface area contributed by atoms with Crippen molar-refractivity contribution >= 4 is 29.1 Å². The van der Waals surface area contributed by atoms with Crippen LogP contribution in [0.3, 0.4) is 0 Å². The fourth-order valence-corrected chi connectivity index (χ4v) is 3.81. The Morgan fingerprint density at radius 3 is 2.26 bits per heavy atom. The highest BCUT2D eigenvalue weighted by molar-refractivity contribution is 6.23. The first-order valence-electron chi connectivity index (χ1n) is 10.4. The van der Waals surface area contributed by atoms with Crippen LogP contribution in [0.4, 0.5) is 11.4 Å². The van der Waals surface area contributed by atoms with Gasteiger partial charge in [0.05, 0.1) is 28.7 Å². The van der Waals surface area contributed by atoms with Crippen LogP contribution in [0.2, 0.25) is 0 Å². The number of hydrogen-bond donors (Lipinski definition) is 0. The lowest BCUT2D eigenvalue weighted by atomic mass is 10.1. The third-order valence-electron chi connectivity index (χ3n) is 5.54. The normalized spacial score (nSPS) is 15.1. The predicted molar refractivity (Wildman–Crippen MR) is 121 cm³/mol. The Morgan fingerprint density at radius 1 is 1.03 bits per heavy atom. The molecule has 0 saturated carbocycles. The van der Waals surface area contributed by atoms with Gasteiger partial charge in [-0.3, -0.25) is 24.5 Å². The summed E-state index contributed by atoms with van der Waals surface area (Å²) in [6, 6.07) is 21.1. The topological polar surface area (TPSA) is 125 Å². The van der Waals surface area contributed by atoms with Gasteiger partial charge in [-0.1, -0.05) is 30.3 Å². The third-order valence-corrected chi connectivity index (χ3v) is 5.54. The van der Waals surface area contributed by atoms with Crippen LogP contribution in [0, 0.1) is 21.4 Å². The lowest BCUT2D eigenvalue weighted by Crippen LogP contribution is -2.45. The van der Waals surface area contributed by atoms with Gasteiger partial charge in [-0.05, 0) is 42.0 Å². The third kappa shape index (κ3) is 4.38. The number of non-ortho nitro benzene ring substituents is 1. The van der Waals surface area contributed by atoms with E-state index in [1.165, 1.54) is 53.4 Å². The largest absolute Gasteiger partial charge is 0.322 e. The molecule has 4 rings (SSSR count). The number of carbonyl (C=O) groups excluding carboxylic acids is 3. The molecule has 0 spiro atoms. The number of rotatable bonds is 6. The molecule has 0 radical (unpaired) electrons. The Bertz CT molecular complexity index is 1300. The molecule has 1 fully saturated rings.